The Balaban J connectivity index is 2.04. The second kappa shape index (κ2) is 2.58. The van der Waals surface area contributed by atoms with Gasteiger partial charge < -0.3 is 9.84 Å². The van der Waals surface area contributed by atoms with Gasteiger partial charge in [0, 0.05) is 0 Å². The monoisotopic (exact) mass is 138 g/mol. The van der Waals surface area contributed by atoms with Crippen LogP contribution in [0.25, 0.3) is 0 Å². The Bertz CT molecular complexity index is 91.0. The third kappa shape index (κ3) is 1.87. The predicted octanol–water partition coefficient (Wildman–Crippen LogP) is 0.749. The highest BCUT2D eigenvalue weighted by Gasteiger charge is 2.30. The van der Waals surface area contributed by atoms with Crippen LogP contribution < -0.4 is 0 Å². The van der Waals surface area contributed by atoms with Crippen molar-refractivity contribution in [2.75, 3.05) is 0 Å². The lowest BCUT2D eigenvalue weighted by atomic mass is 9.92. The summed E-state index contributed by atoms with van der Waals surface area (Å²) in [4.78, 5) is 0. The molecule has 0 amide bonds. The van der Waals surface area contributed by atoms with Gasteiger partial charge in [0.25, 0.3) is 0 Å². The Kier molecular flexibility index (Phi) is 1.97. The van der Waals surface area contributed by atoms with Crippen molar-refractivity contribution in [1.82, 2.24) is 0 Å². The molecule has 1 saturated carbocycles. The standard InChI is InChI=1S/C5H8F2O2/c6-5(7)9-4-1-3(8)2-4/h3-5,8H,1-2H2. The van der Waals surface area contributed by atoms with E-state index in [0.717, 1.165) is 0 Å². The number of ether oxygens (including phenoxy) is 1. The Morgan fingerprint density at radius 2 is 2.00 bits per heavy atom. The molecule has 0 unspecified atom stereocenters. The van der Waals surface area contributed by atoms with Crippen LogP contribution in [0.2, 0.25) is 0 Å². The van der Waals surface area contributed by atoms with Crippen LogP contribution in [0.15, 0.2) is 0 Å². The van der Waals surface area contributed by atoms with Crippen molar-refractivity contribution in [3.05, 3.63) is 0 Å². The summed E-state index contributed by atoms with van der Waals surface area (Å²) in [6.45, 7) is -2.69. The molecule has 1 N–H and O–H groups in total. The zero-order valence-electron chi connectivity index (χ0n) is 4.76. The molecule has 1 aliphatic rings. The largest absolute Gasteiger partial charge is 0.393 e. The Morgan fingerprint density at radius 1 is 1.44 bits per heavy atom. The quantitative estimate of drug-likeness (QED) is 0.610. The van der Waals surface area contributed by atoms with Crippen LogP contribution >= 0.6 is 0 Å². The van der Waals surface area contributed by atoms with Crippen molar-refractivity contribution in [3.8, 4) is 0 Å². The van der Waals surface area contributed by atoms with E-state index >= 15 is 0 Å². The van der Waals surface area contributed by atoms with Crippen molar-refractivity contribution in [1.29, 1.82) is 0 Å². The van der Waals surface area contributed by atoms with Crippen LogP contribution in [0.4, 0.5) is 8.78 Å². The van der Waals surface area contributed by atoms with Gasteiger partial charge >= 0.3 is 6.61 Å². The van der Waals surface area contributed by atoms with Gasteiger partial charge in [-0.3, -0.25) is 0 Å². The fourth-order valence-electron chi connectivity index (χ4n) is 0.794. The predicted molar refractivity (Wildman–Crippen MR) is 26.1 cm³/mol. The molecule has 54 valence electrons. The van der Waals surface area contributed by atoms with Gasteiger partial charge in [-0.15, -0.1) is 0 Å². The highest BCUT2D eigenvalue weighted by Crippen LogP contribution is 2.24. The van der Waals surface area contributed by atoms with E-state index in [0.29, 0.717) is 12.8 Å². The first-order valence-corrected chi connectivity index (χ1v) is 2.80. The van der Waals surface area contributed by atoms with Gasteiger partial charge in [0.2, 0.25) is 0 Å². The molecular weight excluding hydrogens is 130 g/mol. The minimum Gasteiger partial charge on any atom is -0.393 e. The van der Waals surface area contributed by atoms with Crippen LogP contribution in [0.5, 0.6) is 0 Å². The van der Waals surface area contributed by atoms with Gasteiger partial charge in [0.1, 0.15) is 0 Å². The summed E-state index contributed by atoms with van der Waals surface area (Å²) < 4.78 is 26.7. The molecule has 0 aromatic rings. The molecule has 0 aromatic carbocycles. The average Bonchev–Trinajstić information content (AvgIpc) is 1.60. The molecule has 4 heteroatoms. The van der Waals surface area contributed by atoms with Gasteiger partial charge in [-0.1, -0.05) is 0 Å². The third-order valence-electron chi connectivity index (χ3n) is 1.37. The number of aliphatic hydroxyl groups excluding tert-OH is 1. The molecule has 1 rings (SSSR count). The minimum absolute atomic E-state index is 0.352. The summed E-state index contributed by atoms with van der Waals surface area (Å²) in [6, 6.07) is 0. The van der Waals surface area contributed by atoms with Crippen molar-refractivity contribution in [3.63, 3.8) is 0 Å². The first-order valence-electron chi connectivity index (χ1n) is 2.80. The molecule has 0 saturated heterocycles. The number of hydrogen-bond donors (Lipinski definition) is 1. The lowest BCUT2D eigenvalue weighted by molar-refractivity contribution is -0.199. The lowest BCUT2D eigenvalue weighted by Gasteiger charge is -2.30. The molecule has 0 aliphatic heterocycles. The molecule has 1 aliphatic carbocycles. The normalized spacial score (nSPS) is 34.7. The fourth-order valence-corrected chi connectivity index (χ4v) is 0.794. The fraction of sp³-hybridized carbons (Fsp3) is 1.00. The Morgan fingerprint density at radius 3 is 2.33 bits per heavy atom. The topological polar surface area (TPSA) is 29.5 Å². The lowest BCUT2D eigenvalue weighted by Crippen LogP contribution is -2.36. The van der Waals surface area contributed by atoms with E-state index in [2.05, 4.69) is 4.74 Å². The van der Waals surface area contributed by atoms with Gasteiger partial charge in [0.05, 0.1) is 12.2 Å². The SMILES string of the molecule is OC1CC(OC(F)F)C1. The van der Waals surface area contributed by atoms with Crippen molar-refractivity contribution < 1.29 is 18.6 Å². The van der Waals surface area contributed by atoms with Crippen LogP contribution in [0, 0.1) is 0 Å². The van der Waals surface area contributed by atoms with E-state index in [-0.39, 0.29) is 0 Å². The van der Waals surface area contributed by atoms with E-state index < -0.39 is 18.8 Å². The van der Waals surface area contributed by atoms with E-state index in [4.69, 9.17) is 5.11 Å². The summed E-state index contributed by atoms with van der Waals surface area (Å²) in [6.07, 6.45) is -0.136. The molecule has 2 nitrogen and oxygen atoms in total. The van der Waals surface area contributed by atoms with E-state index in [1.165, 1.54) is 0 Å². The highest BCUT2D eigenvalue weighted by molar-refractivity contribution is 4.78. The van der Waals surface area contributed by atoms with Crippen LogP contribution in [0.1, 0.15) is 12.8 Å². The van der Waals surface area contributed by atoms with Crippen molar-refractivity contribution in [2.24, 2.45) is 0 Å². The zero-order chi connectivity index (χ0) is 6.85. The molecule has 0 aromatic heterocycles. The van der Waals surface area contributed by atoms with Gasteiger partial charge in [-0.2, -0.15) is 8.78 Å². The molecule has 0 heterocycles. The summed E-state index contributed by atoms with van der Waals surface area (Å²) in [7, 11) is 0. The maximum Gasteiger partial charge on any atom is 0.345 e. The van der Waals surface area contributed by atoms with Crippen LogP contribution in [-0.2, 0) is 4.74 Å². The summed E-state index contributed by atoms with van der Waals surface area (Å²) >= 11 is 0. The second-order valence-electron chi connectivity index (χ2n) is 2.14. The molecule has 9 heavy (non-hydrogen) atoms. The third-order valence-corrected chi connectivity index (χ3v) is 1.37. The summed E-state index contributed by atoms with van der Waals surface area (Å²) in [5.41, 5.74) is 0. The van der Waals surface area contributed by atoms with Gasteiger partial charge in [-0.25, -0.2) is 0 Å². The van der Waals surface area contributed by atoms with Crippen molar-refractivity contribution >= 4 is 0 Å². The number of hydrogen-bond acceptors (Lipinski definition) is 2. The van der Waals surface area contributed by atoms with E-state index in [9.17, 15) is 8.78 Å². The van der Waals surface area contributed by atoms with E-state index in [1.807, 2.05) is 0 Å². The maximum atomic E-state index is 11.3. The molecule has 0 atom stereocenters. The number of alkyl halides is 2. The van der Waals surface area contributed by atoms with Gasteiger partial charge in [0.15, 0.2) is 0 Å². The Labute approximate surface area is 51.4 Å². The number of aliphatic hydroxyl groups is 1. The number of rotatable bonds is 2. The molecule has 0 radical (unpaired) electrons. The zero-order valence-corrected chi connectivity index (χ0v) is 4.76. The average molecular weight is 138 g/mol. The second-order valence-corrected chi connectivity index (χ2v) is 2.14. The Hall–Kier alpha value is -0.220. The number of halogens is 2. The molecule has 0 spiro atoms. The summed E-state index contributed by atoms with van der Waals surface area (Å²) in [5.74, 6) is 0. The van der Waals surface area contributed by atoms with Crippen LogP contribution in [-0.4, -0.2) is 23.9 Å². The molecule has 0 bridgehead atoms. The first kappa shape index (κ1) is 6.89. The first-order chi connectivity index (χ1) is 4.18. The maximum absolute atomic E-state index is 11.3. The smallest absolute Gasteiger partial charge is 0.345 e. The molecular formula is C5H8F2O2. The van der Waals surface area contributed by atoms with Crippen molar-refractivity contribution in [2.45, 2.75) is 31.7 Å². The minimum atomic E-state index is -2.69. The van der Waals surface area contributed by atoms with Gasteiger partial charge in [-0.05, 0) is 12.8 Å². The summed E-state index contributed by atoms with van der Waals surface area (Å²) in [5, 5.41) is 8.61. The van der Waals surface area contributed by atoms with Crippen LogP contribution in [0.3, 0.4) is 0 Å². The molecule has 1 fully saturated rings. The van der Waals surface area contributed by atoms with E-state index in [1.54, 1.807) is 0 Å². The highest BCUT2D eigenvalue weighted by atomic mass is 19.3.